The Morgan fingerprint density at radius 1 is 1.14 bits per heavy atom. The maximum atomic E-state index is 2.60. The maximum absolute atomic E-state index is 2.60. The fourth-order valence-corrected chi connectivity index (χ4v) is 3.10. The van der Waals surface area contributed by atoms with Crippen LogP contribution in [0.1, 0.15) is 45.4 Å². The Balaban J connectivity index is 1.76. The van der Waals surface area contributed by atoms with Crippen molar-refractivity contribution in [3.05, 3.63) is 0 Å². The van der Waals surface area contributed by atoms with Gasteiger partial charge in [-0.2, -0.15) is 0 Å². The lowest BCUT2D eigenvalue weighted by Gasteiger charge is -2.33. The van der Waals surface area contributed by atoms with Crippen molar-refractivity contribution in [3.63, 3.8) is 0 Å². The lowest BCUT2D eigenvalue weighted by Crippen LogP contribution is -3.19. The average Bonchev–Trinajstić information content (AvgIpc) is 2.23. The second kappa shape index (κ2) is 5.13. The summed E-state index contributed by atoms with van der Waals surface area (Å²) in [6.45, 7) is 6.69. The molecule has 0 amide bonds. The van der Waals surface area contributed by atoms with Crippen LogP contribution in [0.5, 0.6) is 0 Å². The summed E-state index contributed by atoms with van der Waals surface area (Å²) in [4.78, 5) is 1.89. The van der Waals surface area contributed by atoms with Crippen molar-refractivity contribution < 1.29 is 10.2 Å². The molecular weight excluding hydrogens is 172 g/mol. The minimum Gasteiger partial charge on any atom is -0.339 e. The number of nitrogens with one attached hydrogen (secondary N) is 1. The second-order valence-electron chi connectivity index (χ2n) is 5.29. The van der Waals surface area contributed by atoms with E-state index < -0.39 is 0 Å². The number of rotatable bonds is 2. The summed E-state index contributed by atoms with van der Waals surface area (Å²) < 4.78 is 0. The van der Waals surface area contributed by atoms with Crippen molar-refractivity contribution in [1.82, 2.24) is 0 Å². The van der Waals surface area contributed by atoms with Gasteiger partial charge in [0.25, 0.3) is 0 Å². The van der Waals surface area contributed by atoms with Crippen molar-refractivity contribution in [3.8, 4) is 0 Å². The van der Waals surface area contributed by atoms with Crippen LogP contribution in [0.2, 0.25) is 0 Å². The minimum atomic E-state index is 0.930. The van der Waals surface area contributed by atoms with Crippen LogP contribution in [0.4, 0.5) is 0 Å². The molecule has 0 aromatic heterocycles. The first kappa shape index (κ1) is 10.4. The van der Waals surface area contributed by atoms with Crippen LogP contribution in [0.25, 0.3) is 0 Å². The minimum absolute atomic E-state index is 0.930. The fourth-order valence-electron chi connectivity index (χ4n) is 3.10. The third-order valence-electron chi connectivity index (χ3n) is 4.14. The third kappa shape index (κ3) is 2.71. The lowest BCUT2D eigenvalue weighted by atomic mass is 10.00. The summed E-state index contributed by atoms with van der Waals surface area (Å²) in [6, 6.07) is 1.87. The number of likely N-dealkylation sites (tertiary alicyclic amines) is 1. The molecule has 0 spiro atoms. The molecule has 2 nitrogen and oxygen atoms in total. The Labute approximate surface area is 88.1 Å². The highest BCUT2D eigenvalue weighted by Gasteiger charge is 2.27. The molecule has 2 fully saturated rings. The van der Waals surface area contributed by atoms with E-state index in [0.29, 0.717) is 0 Å². The molecule has 2 aliphatic heterocycles. The van der Waals surface area contributed by atoms with Gasteiger partial charge >= 0.3 is 0 Å². The zero-order chi connectivity index (χ0) is 9.80. The molecule has 82 valence electrons. The van der Waals surface area contributed by atoms with E-state index in [1.54, 1.807) is 0 Å². The Bertz CT molecular complexity index is 164. The van der Waals surface area contributed by atoms with Gasteiger partial charge in [-0.3, -0.25) is 0 Å². The third-order valence-corrected chi connectivity index (χ3v) is 4.14. The molecule has 2 rings (SSSR count). The molecule has 3 N–H and O–H groups in total. The van der Waals surface area contributed by atoms with Crippen molar-refractivity contribution in [2.24, 2.45) is 0 Å². The van der Waals surface area contributed by atoms with Gasteiger partial charge in [0.05, 0.1) is 19.1 Å². The van der Waals surface area contributed by atoms with Crippen LogP contribution in [-0.4, -0.2) is 31.7 Å². The Hall–Kier alpha value is -0.0800. The van der Waals surface area contributed by atoms with Gasteiger partial charge in [0.15, 0.2) is 0 Å². The Kier molecular flexibility index (Phi) is 3.82. The molecule has 2 saturated heterocycles. The van der Waals surface area contributed by atoms with Gasteiger partial charge in [0.2, 0.25) is 0 Å². The zero-order valence-corrected chi connectivity index (χ0v) is 9.60. The monoisotopic (exact) mass is 198 g/mol. The summed E-state index contributed by atoms with van der Waals surface area (Å²) in [5.41, 5.74) is 0. The molecule has 0 bridgehead atoms. The van der Waals surface area contributed by atoms with Gasteiger partial charge in [-0.25, -0.2) is 0 Å². The predicted molar refractivity (Wildman–Crippen MR) is 58.4 cm³/mol. The molecule has 0 aliphatic carbocycles. The number of nitrogens with two attached hydrogens (primary N) is 1. The van der Waals surface area contributed by atoms with Gasteiger partial charge < -0.3 is 10.2 Å². The van der Waals surface area contributed by atoms with Crippen LogP contribution in [-0.2, 0) is 0 Å². The smallest absolute Gasteiger partial charge is 0.135 e. The van der Waals surface area contributed by atoms with Crippen LogP contribution >= 0.6 is 0 Å². The van der Waals surface area contributed by atoms with Crippen molar-refractivity contribution >= 4 is 0 Å². The molecule has 0 radical (unpaired) electrons. The van der Waals surface area contributed by atoms with E-state index in [2.05, 4.69) is 12.2 Å². The summed E-state index contributed by atoms with van der Waals surface area (Å²) in [5.74, 6) is 0. The number of piperidine rings is 2. The lowest BCUT2D eigenvalue weighted by molar-refractivity contribution is -0.945. The van der Waals surface area contributed by atoms with Crippen LogP contribution in [0.3, 0.4) is 0 Å². The van der Waals surface area contributed by atoms with Crippen molar-refractivity contribution in [2.75, 3.05) is 19.6 Å². The van der Waals surface area contributed by atoms with Gasteiger partial charge in [-0.15, -0.1) is 0 Å². The highest BCUT2D eigenvalue weighted by atomic mass is 15.2. The molecule has 2 heterocycles. The highest BCUT2D eigenvalue weighted by molar-refractivity contribution is 4.61. The Morgan fingerprint density at radius 3 is 2.71 bits per heavy atom. The SMILES string of the molecule is C[C@H]1CCCC[NH+]1C[C@@H]1CCCC[NH2+]1. The number of hydrogen-bond donors (Lipinski definition) is 2. The van der Waals surface area contributed by atoms with E-state index in [1.807, 2.05) is 4.90 Å². The van der Waals surface area contributed by atoms with E-state index in [-0.39, 0.29) is 0 Å². The highest BCUT2D eigenvalue weighted by Crippen LogP contribution is 2.03. The first-order valence-corrected chi connectivity index (χ1v) is 6.54. The standard InChI is InChI=1S/C12H24N2/c1-11-6-3-5-9-14(11)10-12-7-2-4-8-13-12/h11-13H,2-10H2,1H3/p+2/t11-,12-/m0/s1. The quantitative estimate of drug-likeness (QED) is 0.600. The molecule has 14 heavy (non-hydrogen) atoms. The molecule has 2 heteroatoms. The van der Waals surface area contributed by atoms with E-state index in [0.717, 1.165) is 12.1 Å². The van der Waals surface area contributed by atoms with Crippen LogP contribution in [0, 0.1) is 0 Å². The molecule has 0 aromatic rings. The molecule has 1 unspecified atom stereocenters. The van der Waals surface area contributed by atoms with Gasteiger partial charge in [-0.1, -0.05) is 0 Å². The van der Waals surface area contributed by atoms with Crippen LogP contribution < -0.4 is 10.2 Å². The van der Waals surface area contributed by atoms with E-state index in [9.17, 15) is 0 Å². The van der Waals surface area contributed by atoms with Gasteiger partial charge in [0, 0.05) is 6.42 Å². The fraction of sp³-hybridized carbons (Fsp3) is 1.00. The van der Waals surface area contributed by atoms with E-state index >= 15 is 0 Å². The summed E-state index contributed by atoms with van der Waals surface area (Å²) in [5, 5.41) is 2.60. The molecule has 0 aromatic carbocycles. The first-order chi connectivity index (χ1) is 6.86. The number of hydrogen-bond acceptors (Lipinski definition) is 0. The van der Waals surface area contributed by atoms with E-state index in [4.69, 9.17) is 0 Å². The molecule has 3 atom stereocenters. The van der Waals surface area contributed by atoms with Crippen LogP contribution in [0.15, 0.2) is 0 Å². The first-order valence-electron chi connectivity index (χ1n) is 6.54. The predicted octanol–water partition coefficient (Wildman–Crippen LogP) is -0.440. The maximum Gasteiger partial charge on any atom is 0.135 e. The normalized spacial score (nSPS) is 39.6. The van der Waals surface area contributed by atoms with Crippen molar-refractivity contribution in [1.29, 1.82) is 0 Å². The zero-order valence-electron chi connectivity index (χ0n) is 9.60. The molecular formula is C12H26N2+2. The van der Waals surface area contributed by atoms with E-state index in [1.165, 1.54) is 58.2 Å². The van der Waals surface area contributed by atoms with Gasteiger partial charge in [0.1, 0.15) is 12.6 Å². The largest absolute Gasteiger partial charge is 0.339 e. The Morgan fingerprint density at radius 2 is 2.00 bits per heavy atom. The summed E-state index contributed by atoms with van der Waals surface area (Å²) in [6.07, 6.45) is 8.79. The molecule has 2 aliphatic rings. The topological polar surface area (TPSA) is 21.1 Å². The second-order valence-corrected chi connectivity index (χ2v) is 5.29. The number of quaternary nitrogens is 2. The van der Waals surface area contributed by atoms with Crippen molar-refractivity contribution in [2.45, 2.75) is 57.5 Å². The van der Waals surface area contributed by atoms with Gasteiger partial charge in [-0.05, 0) is 39.0 Å². The average molecular weight is 198 g/mol. The molecule has 0 saturated carbocycles. The summed E-state index contributed by atoms with van der Waals surface area (Å²) >= 11 is 0. The summed E-state index contributed by atoms with van der Waals surface area (Å²) in [7, 11) is 0.